The summed E-state index contributed by atoms with van der Waals surface area (Å²) < 4.78 is 0. The maximum absolute atomic E-state index is 12.5. The molecule has 0 aromatic heterocycles. The highest BCUT2D eigenvalue weighted by molar-refractivity contribution is 5.80. The molecule has 0 spiro atoms. The summed E-state index contributed by atoms with van der Waals surface area (Å²) in [6.07, 6.45) is 7.39. The third-order valence-corrected chi connectivity index (χ3v) is 6.25. The third-order valence-electron chi connectivity index (χ3n) is 6.25. The highest BCUT2D eigenvalue weighted by atomic mass is 16.2. The maximum Gasteiger partial charge on any atom is 0.234 e. The molecule has 6 nitrogen and oxygen atoms in total. The molecule has 25 heavy (non-hydrogen) atoms. The van der Waals surface area contributed by atoms with Gasteiger partial charge in [0.1, 0.15) is 0 Å². The van der Waals surface area contributed by atoms with E-state index >= 15 is 0 Å². The number of nitrogens with two attached hydrogens (primary N) is 1. The summed E-state index contributed by atoms with van der Waals surface area (Å²) in [7, 11) is 0. The second-order valence-corrected chi connectivity index (χ2v) is 8.40. The van der Waals surface area contributed by atoms with Crippen LogP contribution in [0.25, 0.3) is 0 Å². The van der Waals surface area contributed by atoms with Crippen molar-refractivity contribution in [2.24, 2.45) is 17.6 Å². The van der Waals surface area contributed by atoms with Crippen molar-refractivity contribution in [1.82, 2.24) is 15.1 Å². The summed E-state index contributed by atoms with van der Waals surface area (Å²) in [5, 5.41) is 3.20. The zero-order valence-corrected chi connectivity index (χ0v) is 15.6. The molecule has 142 valence electrons. The van der Waals surface area contributed by atoms with Crippen molar-refractivity contribution >= 4 is 11.8 Å². The van der Waals surface area contributed by atoms with Gasteiger partial charge in [0.05, 0.1) is 6.54 Å². The predicted octanol–water partition coefficient (Wildman–Crippen LogP) is 0.953. The Balaban J connectivity index is 1.36. The number of carbonyl (C=O) groups excluding carboxylic acids is 2. The normalized spacial score (nSPS) is 34.1. The number of carbonyl (C=O) groups is 2. The fraction of sp³-hybridized carbons (Fsp3) is 0.895. The van der Waals surface area contributed by atoms with Crippen molar-refractivity contribution in [3.8, 4) is 0 Å². The van der Waals surface area contributed by atoms with Gasteiger partial charge in [0.25, 0.3) is 0 Å². The Morgan fingerprint density at radius 2 is 1.68 bits per heavy atom. The van der Waals surface area contributed by atoms with Gasteiger partial charge in [-0.05, 0) is 50.9 Å². The number of hydrogen-bond acceptors (Lipinski definition) is 4. The van der Waals surface area contributed by atoms with Gasteiger partial charge in [0.2, 0.25) is 11.8 Å². The molecule has 3 aliphatic rings. The molecule has 0 radical (unpaired) electrons. The molecule has 0 aromatic carbocycles. The van der Waals surface area contributed by atoms with Gasteiger partial charge in [-0.2, -0.15) is 0 Å². The smallest absolute Gasteiger partial charge is 0.234 e. The minimum atomic E-state index is 0.124. The van der Waals surface area contributed by atoms with Gasteiger partial charge in [-0.15, -0.1) is 0 Å². The van der Waals surface area contributed by atoms with Gasteiger partial charge in [0.15, 0.2) is 0 Å². The average Bonchev–Trinajstić information content (AvgIpc) is 3.03. The Labute approximate surface area is 151 Å². The molecule has 1 aliphatic heterocycles. The van der Waals surface area contributed by atoms with E-state index in [0.29, 0.717) is 12.6 Å². The summed E-state index contributed by atoms with van der Waals surface area (Å²) in [4.78, 5) is 29.0. The molecular weight excluding hydrogens is 316 g/mol. The molecule has 3 fully saturated rings. The number of hydrogen-bond donors (Lipinski definition) is 2. The Bertz CT molecular complexity index is 468. The molecule has 0 aromatic rings. The van der Waals surface area contributed by atoms with Crippen LogP contribution in [0.15, 0.2) is 0 Å². The SMILES string of the molecule is CC1CCC(NC(=O)CN2CCN(C(=O)C3CCC(N)C3)CC2)CC1. The molecule has 2 atom stereocenters. The Morgan fingerprint density at radius 1 is 1.00 bits per heavy atom. The van der Waals surface area contributed by atoms with E-state index in [0.717, 1.165) is 64.2 Å². The second-order valence-electron chi connectivity index (χ2n) is 8.40. The largest absolute Gasteiger partial charge is 0.352 e. The van der Waals surface area contributed by atoms with E-state index in [1.807, 2.05) is 4.90 Å². The lowest BCUT2D eigenvalue weighted by atomic mass is 9.87. The molecule has 3 N–H and O–H groups in total. The van der Waals surface area contributed by atoms with E-state index in [4.69, 9.17) is 5.73 Å². The number of piperazine rings is 1. The number of nitrogens with one attached hydrogen (secondary N) is 1. The second kappa shape index (κ2) is 8.49. The zero-order valence-electron chi connectivity index (χ0n) is 15.6. The fourth-order valence-corrected chi connectivity index (χ4v) is 4.51. The van der Waals surface area contributed by atoms with Crippen LogP contribution in [0.1, 0.15) is 51.9 Å². The van der Waals surface area contributed by atoms with Crippen molar-refractivity contribution in [3.05, 3.63) is 0 Å². The minimum absolute atomic E-state index is 0.124. The van der Waals surface area contributed by atoms with Crippen LogP contribution in [0.5, 0.6) is 0 Å². The molecule has 1 heterocycles. The highest BCUT2D eigenvalue weighted by Crippen LogP contribution is 2.26. The molecule has 1 saturated heterocycles. The summed E-state index contributed by atoms with van der Waals surface area (Å²) >= 11 is 0. The molecule has 0 bridgehead atoms. The number of rotatable bonds is 4. The first-order valence-electron chi connectivity index (χ1n) is 10.1. The molecular formula is C19H34N4O2. The third kappa shape index (κ3) is 5.17. The summed E-state index contributed by atoms with van der Waals surface area (Å²) in [6, 6.07) is 0.555. The standard InChI is InChI=1S/C19H34N4O2/c1-14-2-6-17(7-3-14)21-18(24)13-22-8-10-23(11-9-22)19(25)15-4-5-16(20)12-15/h14-17H,2-13,20H2,1H3,(H,21,24). The first kappa shape index (κ1) is 18.6. The summed E-state index contributed by atoms with van der Waals surface area (Å²) in [5.74, 6) is 1.33. The molecule has 2 aliphatic carbocycles. The lowest BCUT2D eigenvalue weighted by molar-refractivity contribution is -0.137. The van der Waals surface area contributed by atoms with Crippen molar-refractivity contribution in [1.29, 1.82) is 0 Å². The fourth-order valence-electron chi connectivity index (χ4n) is 4.51. The summed E-state index contributed by atoms with van der Waals surface area (Å²) in [6.45, 7) is 5.80. The first-order valence-corrected chi connectivity index (χ1v) is 10.1. The Hall–Kier alpha value is -1.14. The van der Waals surface area contributed by atoms with Gasteiger partial charge >= 0.3 is 0 Å². The van der Waals surface area contributed by atoms with Crippen LogP contribution in [-0.2, 0) is 9.59 Å². The minimum Gasteiger partial charge on any atom is -0.352 e. The lowest BCUT2D eigenvalue weighted by Crippen LogP contribution is -2.53. The summed E-state index contributed by atoms with van der Waals surface area (Å²) in [5.41, 5.74) is 5.93. The maximum atomic E-state index is 12.5. The van der Waals surface area contributed by atoms with Crippen LogP contribution < -0.4 is 11.1 Å². The van der Waals surface area contributed by atoms with Gasteiger partial charge in [-0.3, -0.25) is 14.5 Å². The molecule has 3 rings (SSSR count). The van der Waals surface area contributed by atoms with Gasteiger partial charge in [-0.1, -0.05) is 6.92 Å². The van der Waals surface area contributed by atoms with Crippen LogP contribution in [0, 0.1) is 11.8 Å². The Kier molecular flexibility index (Phi) is 6.34. The molecule has 2 saturated carbocycles. The average molecular weight is 351 g/mol. The van der Waals surface area contributed by atoms with E-state index < -0.39 is 0 Å². The van der Waals surface area contributed by atoms with Crippen LogP contribution in [0.3, 0.4) is 0 Å². The van der Waals surface area contributed by atoms with E-state index in [1.165, 1.54) is 12.8 Å². The molecule has 2 unspecified atom stereocenters. The van der Waals surface area contributed by atoms with Crippen molar-refractivity contribution < 1.29 is 9.59 Å². The topological polar surface area (TPSA) is 78.7 Å². The van der Waals surface area contributed by atoms with Crippen molar-refractivity contribution in [2.75, 3.05) is 32.7 Å². The van der Waals surface area contributed by atoms with Gasteiger partial charge in [0, 0.05) is 44.2 Å². The van der Waals surface area contributed by atoms with Crippen molar-refractivity contribution in [3.63, 3.8) is 0 Å². The molecule has 2 amide bonds. The number of nitrogens with zero attached hydrogens (tertiary/aromatic N) is 2. The van der Waals surface area contributed by atoms with E-state index in [2.05, 4.69) is 17.1 Å². The Morgan fingerprint density at radius 3 is 2.28 bits per heavy atom. The van der Waals surface area contributed by atoms with Gasteiger partial charge in [-0.25, -0.2) is 0 Å². The van der Waals surface area contributed by atoms with E-state index in [-0.39, 0.29) is 23.8 Å². The predicted molar refractivity (Wildman–Crippen MR) is 97.9 cm³/mol. The highest BCUT2D eigenvalue weighted by Gasteiger charge is 2.32. The van der Waals surface area contributed by atoms with Crippen LogP contribution in [-0.4, -0.2) is 66.4 Å². The van der Waals surface area contributed by atoms with Gasteiger partial charge < -0.3 is 16.0 Å². The van der Waals surface area contributed by atoms with Crippen LogP contribution in [0.4, 0.5) is 0 Å². The quantitative estimate of drug-likeness (QED) is 0.791. The van der Waals surface area contributed by atoms with E-state index in [1.54, 1.807) is 0 Å². The van der Waals surface area contributed by atoms with Crippen LogP contribution >= 0.6 is 0 Å². The monoisotopic (exact) mass is 350 g/mol. The molecule has 6 heteroatoms. The zero-order chi connectivity index (χ0) is 17.8. The van der Waals surface area contributed by atoms with Crippen molar-refractivity contribution in [2.45, 2.75) is 64.0 Å². The lowest BCUT2D eigenvalue weighted by Gasteiger charge is -2.36. The first-order chi connectivity index (χ1) is 12.0. The van der Waals surface area contributed by atoms with Crippen LogP contribution in [0.2, 0.25) is 0 Å². The van der Waals surface area contributed by atoms with E-state index in [9.17, 15) is 9.59 Å². The number of amides is 2.